The van der Waals surface area contributed by atoms with E-state index in [0.29, 0.717) is 0 Å². The summed E-state index contributed by atoms with van der Waals surface area (Å²) in [6, 6.07) is 0. The molecule has 0 radical (unpaired) electrons. The molecule has 2 heteroatoms. The zero-order valence-electron chi connectivity index (χ0n) is 9.60. The molecule has 0 heterocycles. The fraction of sp³-hybridized carbons (Fsp3) is 0.583. The molecule has 0 aromatic rings. The van der Waals surface area contributed by atoms with E-state index in [4.69, 9.17) is 4.74 Å². The van der Waals surface area contributed by atoms with E-state index in [1.54, 1.807) is 0 Å². The third-order valence-corrected chi connectivity index (χ3v) is 1.49. The smallest absolute Gasteiger partial charge is 0.303 e. The van der Waals surface area contributed by atoms with Crippen molar-refractivity contribution < 1.29 is 9.53 Å². The lowest BCUT2D eigenvalue weighted by Gasteiger charge is -2.25. The monoisotopic (exact) mass is 194 g/mol. The van der Waals surface area contributed by atoms with Gasteiger partial charge in [-0.2, -0.15) is 0 Å². The quantitative estimate of drug-likeness (QED) is 0.473. The molecular formula is C12H18O2. The largest absolute Gasteiger partial charge is 0.449 e. The molecule has 14 heavy (non-hydrogen) atoms. The lowest BCUT2D eigenvalue weighted by Crippen LogP contribution is -2.29. The maximum absolute atomic E-state index is 10.8. The van der Waals surface area contributed by atoms with E-state index < -0.39 is 0 Å². The van der Waals surface area contributed by atoms with Crippen LogP contribution in [0.25, 0.3) is 0 Å². The first-order chi connectivity index (χ1) is 6.23. The third-order valence-electron chi connectivity index (χ3n) is 1.49. The molecule has 0 aliphatic carbocycles. The Hall–Kier alpha value is -1.23. The number of esters is 1. The first-order valence-corrected chi connectivity index (χ1v) is 4.57. The Kier molecular flexibility index (Phi) is 4.43. The van der Waals surface area contributed by atoms with Gasteiger partial charge >= 0.3 is 5.97 Å². The molecule has 0 aromatic carbocycles. The van der Waals surface area contributed by atoms with Crippen molar-refractivity contribution in [3.05, 3.63) is 12.2 Å². The van der Waals surface area contributed by atoms with E-state index in [1.165, 1.54) is 6.92 Å². The van der Waals surface area contributed by atoms with E-state index in [-0.39, 0.29) is 17.5 Å². The van der Waals surface area contributed by atoms with Gasteiger partial charge in [0, 0.05) is 12.3 Å². The van der Waals surface area contributed by atoms with Crippen LogP contribution in [0.15, 0.2) is 12.2 Å². The van der Waals surface area contributed by atoms with Crippen LogP contribution in [0.1, 0.15) is 34.6 Å². The Morgan fingerprint density at radius 1 is 1.36 bits per heavy atom. The second-order valence-corrected chi connectivity index (χ2v) is 4.41. The van der Waals surface area contributed by atoms with E-state index in [0.717, 1.165) is 5.57 Å². The van der Waals surface area contributed by atoms with Gasteiger partial charge < -0.3 is 4.74 Å². The molecule has 0 aromatic heterocycles. The van der Waals surface area contributed by atoms with Crippen LogP contribution in [0.4, 0.5) is 0 Å². The van der Waals surface area contributed by atoms with Crippen LogP contribution in [0.5, 0.6) is 0 Å². The van der Waals surface area contributed by atoms with Gasteiger partial charge in [-0.15, -0.1) is 0 Å². The van der Waals surface area contributed by atoms with Crippen LogP contribution in [0.2, 0.25) is 0 Å². The Morgan fingerprint density at radius 3 is 2.14 bits per heavy atom. The molecule has 0 N–H and O–H groups in total. The van der Waals surface area contributed by atoms with Crippen molar-refractivity contribution in [2.24, 2.45) is 5.41 Å². The van der Waals surface area contributed by atoms with Crippen molar-refractivity contribution >= 4 is 5.97 Å². The Morgan fingerprint density at radius 2 is 1.86 bits per heavy atom. The van der Waals surface area contributed by atoms with Crippen molar-refractivity contribution in [3.8, 4) is 11.8 Å². The van der Waals surface area contributed by atoms with Crippen molar-refractivity contribution in [2.75, 3.05) is 0 Å². The minimum absolute atomic E-state index is 0.172. The SMILES string of the molecule is C=C(C)C#CC(OC(C)=O)C(C)(C)C. The minimum Gasteiger partial charge on any atom is -0.449 e. The maximum Gasteiger partial charge on any atom is 0.303 e. The first-order valence-electron chi connectivity index (χ1n) is 4.57. The number of hydrogen-bond donors (Lipinski definition) is 0. The van der Waals surface area contributed by atoms with Crippen molar-refractivity contribution in [2.45, 2.75) is 40.7 Å². The average molecular weight is 194 g/mol. The van der Waals surface area contributed by atoms with Gasteiger partial charge in [0.2, 0.25) is 0 Å². The molecule has 0 saturated carbocycles. The van der Waals surface area contributed by atoms with Crippen molar-refractivity contribution in [1.82, 2.24) is 0 Å². The standard InChI is InChI=1S/C12H18O2/c1-9(2)7-8-11(12(4,5)6)14-10(3)13/h11H,1H2,2-6H3. The summed E-state index contributed by atoms with van der Waals surface area (Å²) in [6.07, 6.45) is -0.378. The molecule has 0 bridgehead atoms. The summed E-state index contributed by atoms with van der Waals surface area (Å²) in [5.41, 5.74) is 0.597. The van der Waals surface area contributed by atoms with Crippen LogP contribution in [0, 0.1) is 17.3 Å². The van der Waals surface area contributed by atoms with Crippen molar-refractivity contribution in [3.63, 3.8) is 0 Å². The molecule has 0 aliphatic rings. The van der Waals surface area contributed by atoms with Crippen molar-refractivity contribution in [1.29, 1.82) is 0 Å². The Balaban J connectivity index is 4.68. The number of ether oxygens (including phenoxy) is 1. The Labute approximate surface area is 86.3 Å². The fourth-order valence-electron chi connectivity index (χ4n) is 0.777. The Bertz CT molecular complexity index is 284. The number of hydrogen-bond acceptors (Lipinski definition) is 2. The summed E-state index contributed by atoms with van der Waals surface area (Å²) in [7, 11) is 0. The second-order valence-electron chi connectivity index (χ2n) is 4.41. The summed E-state index contributed by atoms with van der Waals surface area (Å²) < 4.78 is 5.11. The molecule has 0 saturated heterocycles. The number of carbonyl (C=O) groups is 1. The molecular weight excluding hydrogens is 176 g/mol. The van der Waals surface area contributed by atoms with E-state index in [2.05, 4.69) is 18.4 Å². The molecule has 0 aliphatic heterocycles. The van der Waals surface area contributed by atoms with Gasteiger partial charge in [0.05, 0.1) is 0 Å². The van der Waals surface area contributed by atoms with Crippen LogP contribution in [0.3, 0.4) is 0 Å². The highest BCUT2D eigenvalue weighted by Gasteiger charge is 2.25. The lowest BCUT2D eigenvalue weighted by molar-refractivity contribution is -0.147. The van der Waals surface area contributed by atoms with Crippen LogP contribution >= 0.6 is 0 Å². The second kappa shape index (κ2) is 4.85. The normalized spacial score (nSPS) is 12.4. The third kappa shape index (κ3) is 5.42. The van der Waals surface area contributed by atoms with Gasteiger partial charge in [-0.3, -0.25) is 4.79 Å². The highest BCUT2D eigenvalue weighted by molar-refractivity contribution is 5.66. The zero-order chi connectivity index (χ0) is 11.4. The van der Waals surface area contributed by atoms with Gasteiger partial charge in [0.15, 0.2) is 6.10 Å². The molecule has 2 nitrogen and oxygen atoms in total. The van der Waals surface area contributed by atoms with Crippen LogP contribution in [-0.4, -0.2) is 12.1 Å². The zero-order valence-corrected chi connectivity index (χ0v) is 9.60. The molecule has 1 atom stereocenters. The van der Waals surface area contributed by atoms with Gasteiger partial charge in [-0.25, -0.2) is 0 Å². The molecule has 1 unspecified atom stereocenters. The van der Waals surface area contributed by atoms with Crippen LogP contribution in [-0.2, 0) is 9.53 Å². The molecule has 0 amide bonds. The van der Waals surface area contributed by atoms with E-state index >= 15 is 0 Å². The van der Waals surface area contributed by atoms with Crippen LogP contribution < -0.4 is 0 Å². The predicted octanol–water partition coefficient (Wildman–Crippen LogP) is 2.54. The first kappa shape index (κ1) is 12.8. The summed E-state index contributed by atoms with van der Waals surface area (Å²) in [4.78, 5) is 10.8. The van der Waals surface area contributed by atoms with Gasteiger partial charge in [0.1, 0.15) is 0 Å². The summed E-state index contributed by atoms with van der Waals surface area (Å²) >= 11 is 0. The highest BCUT2D eigenvalue weighted by Crippen LogP contribution is 2.21. The lowest BCUT2D eigenvalue weighted by atomic mass is 9.89. The molecule has 78 valence electrons. The highest BCUT2D eigenvalue weighted by atomic mass is 16.5. The number of carbonyl (C=O) groups excluding carboxylic acids is 1. The topological polar surface area (TPSA) is 26.3 Å². The minimum atomic E-state index is -0.378. The predicted molar refractivity (Wildman–Crippen MR) is 57.6 cm³/mol. The van der Waals surface area contributed by atoms with E-state index in [9.17, 15) is 4.79 Å². The van der Waals surface area contributed by atoms with Gasteiger partial charge in [-0.1, -0.05) is 39.2 Å². The maximum atomic E-state index is 10.8. The molecule has 0 spiro atoms. The van der Waals surface area contributed by atoms with Gasteiger partial charge in [-0.05, 0) is 12.5 Å². The molecule has 0 fully saturated rings. The summed E-state index contributed by atoms with van der Waals surface area (Å²) in [5, 5.41) is 0. The number of allylic oxidation sites excluding steroid dienone is 1. The fourth-order valence-corrected chi connectivity index (χ4v) is 0.777. The number of rotatable bonds is 1. The summed E-state index contributed by atoms with van der Waals surface area (Å²) in [5.74, 6) is 5.43. The average Bonchev–Trinajstić information content (AvgIpc) is 1.94. The van der Waals surface area contributed by atoms with Gasteiger partial charge in [0.25, 0.3) is 0 Å². The summed E-state index contributed by atoms with van der Waals surface area (Å²) in [6.45, 7) is 12.8. The molecule has 0 rings (SSSR count). The van der Waals surface area contributed by atoms with E-state index in [1.807, 2.05) is 27.7 Å².